The number of amides is 1. The molecule has 168 valence electrons. The molecule has 3 aromatic carbocycles. The molecule has 1 amide bonds. The Bertz CT molecular complexity index is 1320. The maximum atomic E-state index is 14.3. The molecule has 13 heteroatoms. The number of nitrogens with one attached hydrogen (secondary N) is 2. The summed E-state index contributed by atoms with van der Waals surface area (Å²) in [6.45, 7) is 0. The van der Waals surface area contributed by atoms with E-state index in [1.165, 1.54) is 30.3 Å². The summed E-state index contributed by atoms with van der Waals surface area (Å²) in [4.78, 5) is 12.2. The van der Waals surface area contributed by atoms with E-state index in [0.29, 0.717) is 3.57 Å². The molecular formula is C19H14ClF2IN4O4S. The van der Waals surface area contributed by atoms with Gasteiger partial charge in [0, 0.05) is 9.64 Å². The zero-order valence-corrected chi connectivity index (χ0v) is 19.6. The van der Waals surface area contributed by atoms with Gasteiger partial charge in [-0.1, -0.05) is 17.7 Å². The number of hydrogen-bond acceptors (Lipinski definition) is 5. The highest BCUT2D eigenvalue weighted by molar-refractivity contribution is 14.1. The second kappa shape index (κ2) is 9.44. The SMILES string of the molecule is NC(=O)c1c(Nc2ccc(I)cc2F)cc(F)cc1Oc1cccc(NS(N)(=O)=O)c1Cl. The van der Waals surface area contributed by atoms with E-state index >= 15 is 0 Å². The van der Waals surface area contributed by atoms with Crippen LogP contribution in [0, 0.1) is 15.2 Å². The largest absolute Gasteiger partial charge is 0.455 e. The normalized spacial score (nSPS) is 11.2. The van der Waals surface area contributed by atoms with Crippen molar-refractivity contribution >= 4 is 67.4 Å². The van der Waals surface area contributed by atoms with Crippen LogP contribution < -0.4 is 25.6 Å². The molecule has 0 unspecified atom stereocenters. The molecule has 0 atom stereocenters. The fourth-order valence-electron chi connectivity index (χ4n) is 2.69. The zero-order chi connectivity index (χ0) is 23.6. The molecule has 32 heavy (non-hydrogen) atoms. The van der Waals surface area contributed by atoms with Gasteiger partial charge in [0.15, 0.2) is 0 Å². The number of carbonyl (C=O) groups excluding carboxylic acids is 1. The molecule has 0 bridgehead atoms. The van der Waals surface area contributed by atoms with E-state index < -0.39 is 27.8 Å². The van der Waals surface area contributed by atoms with Crippen LogP contribution in [-0.2, 0) is 10.2 Å². The van der Waals surface area contributed by atoms with Crippen molar-refractivity contribution in [1.82, 2.24) is 0 Å². The third-order valence-corrected chi connectivity index (χ3v) is 5.51. The standard InChI is InChI=1S/C19H14ClF2IN4O4S/c20-18-13(27-32(25,29)30)2-1-3-15(18)31-16-7-9(21)6-14(17(16)19(24)28)26-12-5-4-10(23)8-11(12)22/h1-8,26-27H,(H2,24,28)(H2,25,29,30). The lowest BCUT2D eigenvalue weighted by atomic mass is 10.1. The molecule has 0 spiro atoms. The van der Waals surface area contributed by atoms with Gasteiger partial charge in [-0.3, -0.25) is 9.52 Å². The molecular weight excluding hydrogens is 581 g/mol. The van der Waals surface area contributed by atoms with Gasteiger partial charge in [0.2, 0.25) is 0 Å². The number of rotatable bonds is 7. The minimum atomic E-state index is -4.14. The Morgan fingerprint density at radius 2 is 1.75 bits per heavy atom. The molecule has 0 aliphatic rings. The zero-order valence-electron chi connectivity index (χ0n) is 15.8. The molecule has 0 fully saturated rings. The Kier molecular flexibility index (Phi) is 7.07. The van der Waals surface area contributed by atoms with Gasteiger partial charge >= 0.3 is 0 Å². The van der Waals surface area contributed by atoms with Crippen LogP contribution in [0.15, 0.2) is 48.5 Å². The van der Waals surface area contributed by atoms with Crippen LogP contribution in [0.3, 0.4) is 0 Å². The van der Waals surface area contributed by atoms with E-state index in [0.717, 1.165) is 12.1 Å². The van der Waals surface area contributed by atoms with Gasteiger partial charge < -0.3 is 15.8 Å². The van der Waals surface area contributed by atoms with Crippen LogP contribution in [0.2, 0.25) is 5.02 Å². The number of ether oxygens (including phenoxy) is 1. The molecule has 0 aliphatic heterocycles. The molecule has 0 saturated heterocycles. The van der Waals surface area contributed by atoms with Crippen molar-refractivity contribution in [2.75, 3.05) is 10.0 Å². The highest BCUT2D eigenvalue weighted by atomic mass is 127. The van der Waals surface area contributed by atoms with Crippen LogP contribution >= 0.6 is 34.2 Å². The van der Waals surface area contributed by atoms with Crippen LogP contribution in [0.1, 0.15) is 10.4 Å². The van der Waals surface area contributed by atoms with E-state index in [9.17, 15) is 22.0 Å². The second-order valence-electron chi connectivity index (χ2n) is 6.31. The van der Waals surface area contributed by atoms with Crippen molar-refractivity contribution in [3.05, 3.63) is 74.3 Å². The van der Waals surface area contributed by atoms with Crippen LogP contribution in [-0.4, -0.2) is 14.3 Å². The van der Waals surface area contributed by atoms with Gasteiger partial charge in [-0.05, 0) is 59.0 Å². The molecule has 0 radical (unpaired) electrons. The molecule has 3 rings (SSSR count). The molecule has 0 aromatic heterocycles. The fraction of sp³-hybridized carbons (Fsp3) is 0. The number of halogens is 4. The van der Waals surface area contributed by atoms with Crippen LogP contribution in [0.5, 0.6) is 11.5 Å². The maximum absolute atomic E-state index is 14.3. The number of anilines is 3. The summed E-state index contributed by atoms with van der Waals surface area (Å²) < 4.78 is 59.4. The molecule has 8 nitrogen and oxygen atoms in total. The monoisotopic (exact) mass is 594 g/mol. The molecule has 3 aromatic rings. The quantitative estimate of drug-likeness (QED) is 0.299. The summed E-state index contributed by atoms with van der Waals surface area (Å²) >= 11 is 8.08. The van der Waals surface area contributed by atoms with Gasteiger partial charge in [0.25, 0.3) is 16.1 Å². The van der Waals surface area contributed by atoms with E-state index in [1.54, 1.807) is 6.07 Å². The first-order chi connectivity index (χ1) is 14.9. The third kappa shape index (κ3) is 5.76. The average molecular weight is 595 g/mol. The summed E-state index contributed by atoms with van der Waals surface area (Å²) in [5.41, 5.74) is 4.90. The fourth-order valence-corrected chi connectivity index (χ4v) is 3.89. The number of nitrogens with two attached hydrogens (primary N) is 2. The Balaban J connectivity index is 2.06. The average Bonchev–Trinajstić information content (AvgIpc) is 2.65. The van der Waals surface area contributed by atoms with Crippen molar-refractivity contribution < 1.29 is 26.7 Å². The minimum absolute atomic E-state index is 0.0261. The van der Waals surface area contributed by atoms with Gasteiger partial charge in [0.1, 0.15) is 33.7 Å². The summed E-state index contributed by atoms with van der Waals surface area (Å²) in [5.74, 6) is -2.92. The van der Waals surface area contributed by atoms with Crippen molar-refractivity contribution in [3.8, 4) is 11.5 Å². The summed E-state index contributed by atoms with van der Waals surface area (Å²) in [6, 6.07) is 10.1. The lowest BCUT2D eigenvalue weighted by Crippen LogP contribution is -2.21. The van der Waals surface area contributed by atoms with Crippen molar-refractivity contribution in [2.45, 2.75) is 0 Å². The van der Waals surface area contributed by atoms with Gasteiger partial charge in [-0.25, -0.2) is 13.9 Å². The van der Waals surface area contributed by atoms with Gasteiger partial charge in [-0.2, -0.15) is 8.42 Å². The Labute approximate surface area is 200 Å². The molecule has 0 saturated carbocycles. The van der Waals surface area contributed by atoms with Crippen LogP contribution in [0.25, 0.3) is 0 Å². The first-order valence-electron chi connectivity index (χ1n) is 8.57. The lowest BCUT2D eigenvalue weighted by Gasteiger charge is -2.17. The smallest absolute Gasteiger partial charge is 0.296 e. The minimum Gasteiger partial charge on any atom is -0.455 e. The maximum Gasteiger partial charge on any atom is 0.296 e. The topological polar surface area (TPSA) is 137 Å². The number of primary amides is 1. The molecule has 0 heterocycles. The van der Waals surface area contributed by atoms with E-state index in [2.05, 4.69) is 5.32 Å². The van der Waals surface area contributed by atoms with E-state index in [1.807, 2.05) is 27.3 Å². The van der Waals surface area contributed by atoms with Crippen LogP contribution in [0.4, 0.5) is 25.8 Å². The van der Waals surface area contributed by atoms with E-state index in [-0.39, 0.29) is 39.1 Å². The molecule has 6 N–H and O–H groups in total. The van der Waals surface area contributed by atoms with E-state index in [4.69, 9.17) is 27.2 Å². The number of carbonyl (C=O) groups is 1. The Morgan fingerprint density at radius 3 is 2.38 bits per heavy atom. The van der Waals surface area contributed by atoms with Gasteiger partial charge in [-0.15, -0.1) is 0 Å². The predicted octanol–water partition coefficient (Wildman–Crippen LogP) is 4.47. The Hall–Kier alpha value is -2.68. The Morgan fingerprint density at radius 1 is 1.03 bits per heavy atom. The highest BCUT2D eigenvalue weighted by Gasteiger charge is 2.21. The number of benzene rings is 3. The van der Waals surface area contributed by atoms with Crippen molar-refractivity contribution in [1.29, 1.82) is 0 Å². The first kappa shape index (κ1) is 24.0. The molecule has 0 aliphatic carbocycles. The second-order valence-corrected chi connectivity index (χ2v) is 9.22. The van der Waals surface area contributed by atoms with Crippen molar-refractivity contribution in [2.24, 2.45) is 10.9 Å². The third-order valence-electron chi connectivity index (χ3n) is 3.95. The summed E-state index contributed by atoms with van der Waals surface area (Å²) in [7, 11) is -4.14. The first-order valence-corrected chi connectivity index (χ1v) is 11.6. The van der Waals surface area contributed by atoms with Gasteiger partial charge in [0.05, 0.1) is 17.1 Å². The highest BCUT2D eigenvalue weighted by Crippen LogP contribution is 2.39. The summed E-state index contributed by atoms with van der Waals surface area (Å²) in [6.07, 6.45) is 0. The van der Waals surface area contributed by atoms with Crippen molar-refractivity contribution in [3.63, 3.8) is 0 Å². The number of hydrogen-bond donors (Lipinski definition) is 4. The summed E-state index contributed by atoms with van der Waals surface area (Å²) in [5, 5.41) is 7.37. The lowest BCUT2D eigenvalue weighted by molar-refractivity contribution is 0.0999. The predicted molar refractivity (Wildman–Crippen MR) is 126 cm³/mol.